The molecule has 0 radical (unpaired) electrons. The predicted octanol–water partition coefficient (Wildman–Crippen LogP) is 1.76. The first-order chi connectivity index (χ1) is 12.0. The lowest BCUT2D eigenvalue weighted by Crippen LogP contribution is -2.50. The Balaban J connectivity index is 1.79. The van der Waals surface area contributed by atoms with Crippen molar-refractivity contribution in [1.82, 2.24) is 25.5 Å². The van der Waals surface area contributed by atoms with Gasteiger partial charge >= 0.3 is 0 Å². The summed E-state index contributed by atoms with van der Waals surface area (Å²) in [7, 11) is 0. The number of benzene rings is 1. The Morgan fingerprint density at radius 2 is 2.00 bits per heavy atom. The van der Waals surface area contributed by atoms with Gasteiger partial charge in [0.25, 0.3) is 0 Å². The number of hydrogen-bond acceptors (Lipinski definition) is 5. The minimum Gasteiger partial charge on any atom is -0.381 e. The number of nitrogens with one attached hydrogen (secondary N) is 1. The van der Waals surface area contributed by atoms with E-state index in [9.17, 15) is 9.18 Å². The highest BCUT2D eigenvalue weighted by atomic mass is 19.1. The number of hydrogen-bond donors (Lipinski definition) is 1. The first-order valence-electron chi connectivity index (χ1n) is 8.41. The molecule has 0 spiro atoms. The third-order valence-corrected chi connectivity index (χ3v) is 4.49. The normalized spacial score (nSPS) is 16.8. The van der Waals surface area contributed by atoms with E-state index >= 15 is 0 Å². The summed E-state index contributed by atoms with van der Waals surface area (Å²) >= 11 is 0. The number of ether oxygens (including phenoxy) is 1. The molecular weight excluding hydrogens is 325 g/mol. The van der Waals surface area contributed by atoms with E-state index in [-0.39, 0.29) is 24.2 Å². The average molecular weight is 347 g/mol. The topological polar surface area (TPSA) is 81.9 Å². The maximum atomic E-state index is 13.3. The first-order valence-corrected chi connectivity index (χ1v) is 8.41. The van der Waals surface area contributed by atoms with Crippen LogP contribution in [0.5, 0.6) is 0 Å². The molecule has 2 aromatic rings. The highest BCUT2D eigenvalue weighted by molar-refractivity contribution is 5.77. The Morgan fingerprint density at radius 1 is 1.32 bits per heavy atom. The van der Waals surface area contributed by atoms with Crippen LogP contribution in [0.15, 0.2) is 24.3 Å². The number of halogens is 1. The van der Waals surface area contributed by atoms with E-state index in [0.29, 0.717) is 31.9 Å². The number of aromatic nitrogens is 4. The molecule has 0 atom stereocenters. The molecule has 1 N–H and O–H groups in total. The van der Waals surface area contributed by atoms with Crippen molar-refractivity contribution in [1.29, 1.82) is 0 Å². The number of nitrogens with zero attached hydrogens (tertiary/aromatic N) is 4. The molecule has 0 bridgehead atoms. The maximum absolute atomic E-state index is 13.3. The van der Waals surface area contributed by atoms with Crippen LogP contribution in [0.25, 0.3) is 0 Å². The van der Waals surface area contributed by atoms with Crippen molar-refractivity contribution in [3.05, 3.63) is 41.5 Å². The van der Waals surface area contributed by atoms with Crippen LogP contribution in [0.4, 0.5) is 4.39 Å². The van der Waals surface area contributed by atoms with Gasteiger partial charge in [0, 0.05) is 19.1 Å². The molecule has 1 amide bonds. The second-order valence-electron chi connectivity index (χ2n) is 6.60. The van der Waals surface area contributed by atoms with E-state index in [1.165, 1.54) is 16.8 Å². The van der Waals surface area contributed by atoms with Crippen molar-refractivity contribution in [2.45, 2.75) is 44.7 Å². The minimum atomic E-state index is -0.560. The van der Waals surface area contributed by atoms with E-state index in [1.807, 2.05) is 13.8 Å². The quantitative estimate of drug-likeness (QED) is 0.891. The van der Waals surface area contributed by atoms with Crippen LogP contribution in [0.2, 0.25) is 0 Å². The van der Waals surface area contributed by atoms with Crippen LogP contribution in [-0.2, 0) is 21.6 Å². The smallest absolute Gasteiger partial charge is 0.242 e. The van der Waals surface area contributed by atoms with Crippen molar-refractivity contribution >= 4 is 5.91 Å². The van der Waals surface area contributed by atoms with Crippen LogP contribution in [0, 0.1) is 5.82 Å². The van der Waals surface area contributed by atoms with Gasteiger partial charge in [-0.1, -0.05) is 26.0 Å². The van der Waals surface area contributed by atoms with E-state index in [1.54, 1.807) is 12.1 Å². The third-order valence-electron chi connectivity index (χ3n) is 4.49. The maximum Gasteiger partial charge on any atom is 0.242 e. The molecule has 3 rings (SSSR count). The lowest BCUT2D eigenvalue weighted by Gasteiger charge is -2.38. The van der Waals surface area contributed by atoms with E-state index in [4.69, 9.17) is 4.74 Å². The first kappa shape index (κ1) is 17.5. The molecule has 0 saturated carbocycles. The van der Waals surface area contributed by atoms with Crippen molar-refractivity contribution in [3.63, 3.8) is 0 Å². The summed E-state index contributed by atoms with van der Waals surface area (Å²) in [4.78, 5) is 12.7. The molecule has 2 heterocycles. The summed E-state index contributed by atoms with van der Waals surface area (Å²) in [6.45, 7) is 5.07. The Hall–Kier alpha value is -2.35. The van der Waals surface area contributed by atoms with Crippen LogP contribution >= 0.6 is 0 Å². The van der Waals surface area contributed by atoms with E-state index in [2.05, 4.69) is 20.8 Å². The van der Waals surface area contributed by atoms with Gasteiger partial charge in [0.2, 0.25) is 5.91 Å². The number of rotatable bonds is 5. The molecule has 1 aromatic carbocycles. The molecule has 1 aliphatic rings. The van der Waals surface area contributed by atoms with Crippen LogP contribution in [-0.4, -0.2) is 39.3 Å². The largest absolute Gasteiger partial charge is 0.381 e. The summed E-state index contributed by atoms with van der Waals surface area (Å²) in [6.07, 6.45) is 1.27. The summed E-state index contributed by atoms with van der Waals surface area (Å²) in [5, 5.41) is 14.6. The Kier molecular flexibility index (Phi) is 5.08. The lowest BCUT2D eigenvalue weighted by atomic mass is 9.82. The van der Waals surface area contributed by atoms with Crippen molar-refractivity contribution in [2.24, 2.45) is 0 Å². The van der Waals surface area contributed by atoms with Crippen molar-refractivity contribution < 1.29 is 13.9 Å². The van der Waals surface area contributed by atoms with Crippen molar-refractivity contribution in [2.75, 3.05) is 13.2 Å². The molecule has 25 heavy (non-hydrogen) atoms. The number of carbonyl (C=O) groups excluding carboxylic acids is 1. The second kappa shape index (κ2) is 7.26. The summed E-state index contributed by atoms with van der Waals surface area (Å²) in [5.74, 6) is 0.308. The van der Waals surface area contributed by atoms with Crippen LogP contribution < -0.4 is 5.32 Å². The number of tetrazole rings is 1. The fraction of sp³-hybridized carbons (Fsp3) is 0.529. The van der Waals surface area contributed by atoms with Crippen LogP contribution in [0.3, 0.4) is 0 Å². The van der Waals surface area contributed by atoms with Gasteiger partial charge in [0.05, 0.1) is 5.54 Å². The molecular formula is C17H22FN5O2. The zero-order valence-corrected chi connectivity index (χ0v) is 14.4. The van der Waals surface area contributed by atoms with Gasteiger partial charge in [0.15, 0.2) is 5.82 Å². The SMILES string of the molecule is CC(C)c1nnnn1CC(=O)NC1(c2ccc(F)cc2)CCOCC1. The molecule has 0 aliphatic carbocycles. The van der Waals surface area contributed by atoms with Gasteiger partial charge in [-0.2, -0.15) is 0 Å². The predicted molar refractivity (Wildman–Crippen MR) is 88.2 cm³/mol. The Bertz CT molecular complexity index is 723. The van der Waals surface area contributed by atoms with Gasteiger partial charge < -0.3 is 10.1 Å². The monoisotopic (exact) mass is 347 g/mol. The van der Waals surface area contributed by atoms with Gasteiger partial charge in [-0.05, 0) is 41.0 Å². The molecule has 1 saturated heterocycles. The molecule has 1 aromatic heterocycles. The van der Waals surface area contributed by atoms with Crippen molar-refractivity contribution in [3.8, 4) is 0 Å². The minimum absolute atomic E-state index is 0.0459. The number of amides is 1. The Morgan fingerprint density at radius 3 is 2.64 bits per heavy atom. The number of carbonyl (C=O) groups is 1. The zero-order valence-electron chi connectivity index (χ0n) is 14.4. The molecule has 1 fully saturated rings. The molecule has 1 aliphatic heterocycles. The van der Waals surface area contributed by atoms with Crippen LogP contribution in [0.1, 0.15) is 44.0 Å². The standard InChI is InChI=1S/C17H22FN5O2/c1-12(2)16-20-21-22-23(16)11-15(24)19-17(7-9-25-10-8-17)13-3-5-14(18)6-4-13/h3-6,12H,7-11H2,1-2H3,(H,19,24). The van der Waals surface area contributed by atoms with Gasteiger partial charge in [-0.15, -0.1) is 5.10 Å². The fourth-order valence-corrected chi connectivity index (χ4v) is 3.15. The zero-order chi connectivity index (χ0) is 17.9. The molecule has 0 unspecified atom stereocenters. The van der Waals surface area contributed by atoms with Gasteiger partial charge in [0.1, 0.15) is 12.4 Å². The summed E-state index contributed by atoms with van der Waals surface area (Å²) in [6, 6.07) is 6.27. The Labute approximate surface area is 145 Å². The summed E-state index contributed by atoms with van der Waals surface area (Å²) in [5.41, 5.74) is 0.320. The van der Waals surface area contributed by atoms with E-state index in [0.717, 1.165) is 5.56 Å². The highest BCUT2D eigenvalue weighted by Crippen LogP contribution is 2.32. The van der Waals surface area contributed by atoms with Gasteiger partial charge in [-0.3, -0.25) is 4.79 Å². The second-order valence-corrected chi connectivity index (χ2v) is 6.60. The highest BCUT2D eigenvalue weighted by Gasteiger charge is 2.36. The average Bonchev–Trinajstić information content (AvgIpc) is 3.04. The molecule has 134 valence electrons. The fourth-order valence-electron chi connectivity index (χ4n) is 3.15. The third kappa shape index (κ3) is 3.84. The summed E-state index contributed by atoms with van der Waals surface area (Å²) < 4.78 is 20.2. The molecule has 8 heteroatoms. The lowest BCUT2D eigenvalue weighted by molar-refractivity contribution is -0.125. The molecule has 7 nitrogen and oxygen atoms in total. The van der Waals surface area contributed by atoms with Gasteiger partial charge in [-0.25, -0.2) is 9.07 Å². The van der Waals surface area contributed by atoms with E-state index < -0.39 is 5.54 Å².